The molecule has 0 atom stereocenters. The van der Waals surface area contributed by atoms with Crippen LogP contribution in [0.2, 0.25) is 0 Å². The standard InChI is InChI=1S/C30H35N5O2/c1-24(22-34-17-14-32-15-18-34)23-35(16-7-19-37-29-13-5-3-9-26(29)20-31)30(36)33-21-27-11-6-10-25-8-2-4-12-28(25)27/h2-6,8-13,32H,1,7,14-19,21-23H2,(H,33,36). The van der Waals surface area contributed by atoms with E-state index in [1.54, 1.807) is 12.1 Å². The molecular formula is C30H35N5O2. The number of nitriles is 1. The highest BCUT2D eigenvalue weighted by Gasteiger charge is 2.17. The van der Waals surface area contributed by atoms with Crippen LogP contribution in [0.1, 0.15) is 17.5 Å². The second-order valence-corrected chi connectivity index (χ2v) is 9.30. The van der Waals surface area contributed by atoms with Crippen LogP contribution < -0.4 is 15.4 Å². The molecule has 1 heterocycles. The van der Waals surface area contributed by atoms with Crippen molar-refractivity contribution in [3.8, 4) is 11.8 Å². The topological polar surface area (TPSA) is 80.6 Å². The van der Waals surface area contributed by atoms with Crippen molar-refractivity contribution >= 4 is 16.8 Å². The molecule has 1 aliphatic heterocycles. The Morgan fingerprint density at radius 1 is 1.08 bits per heavy atom. The van der Waals surface area contributed by atoms with Gasteiger partial charge in [0.2, 0.25) is 0 Å². The van der Waals surface area contributed by atoms with Crippen LogP contribution in [0.15, 0.2) is 78.9 Å². The van der Waals surface area contributed by atoms with Gasteiger partial charge in [-0.2, -0.15) is 5.26 Å². The van der Waals surface area contributed by atoms with Crippen molar-refractivity contribution in [2.45, 2.75) is 13.0 Å². The lowest BCUT2D eigenvalue weighted by molar-refractivity contribution is 0.192. The molecule has 2 N–H and O–H groups in total. The molecule has 192 valence electrons. The zero-order valence-corrected chi connectivity index (χ0v) is 21.3. The van der Waals surface area contributed by atoms with Gasteiger partial charge in [-0.05, 0) is 40.5 Å². The highest BCUT2D eigenvalue weighted by molar-refractivity contribution is 5.86. The second-order valence-electron chi connectivity index (χ2n) is 9.30. The summed E-state index contributed by atoms with van der Waals surface area (Å²) in [7, 11) is 0. The van der Waals surface area contributed by atoms with E-state index >= 15 is 0 Å². The molecule has 2 amide bonds. The summed E-state index contributed by atoms with van der Waals surface area (Å²) in [5, 5.41) is 18.1. The van der Waals surface area contributed by atoms with Crippen LogP contribution in [0.5, 0.6) is 5.75 Å². The van der Waals surface area contributed by atoms with Crippen LogP contribution >= 0.6 is 0 Å². The predicted molar refractivity (Wildman–Crippen MR) is 147 cm³/mol. The zero-order valence-electron chi connectivity index (χ0n) is 21.3. The normalized spacial score (nSPS) is 13.6. The van der Waals surface area contributed by atoms with Crippen molar-refractivity contribution in [2.24, 2.45) is 0 Å². The van der Waals surface area contributed by atoms with Gasteiger partial charge in [0.25, 0.3) is 0 Å². The number of carbonyl (C=O) groups is 1. The number of ether oxygens (including phenoxy) is 1. The Balaban J connectivity index is 1.36. The number of benzene rings is 3. The second kappa shape index (κ2) is 13.4. The molecule has 0 saturated carbocycles. The summed E-state index contributed by atoms with van der Waals surface area (Å²) >= 11 is 0. The highest BCUT2D eigenvalue weighted by Crippen LogP contribution is 2.19. The number of amides is 2. The number of nitrogens with zero attached hydrogens (tertiary/aromatic N) is 3. The SMILES string of the molecule is C=C(CN1CCNCC1)CN(CCCOc1ccccc1C#N)C(=O)NCc1cccc2ccccc12. The maximum absolute atomic E-state index is 13.3. The molecule has 37 heavy (non-hydrogen) atoms. The molecule has 1 aliphatic rings. The summed E-state index contributed by atoms with van der Waals surface area (Å²) < 4.78 is 5.84. The van der Waals surface area contributed by atoms with E-state index in [2.05, 4.69) is 52.4 Å². The predicted octanol–water partition coefficient (Wildman–Crippen LogP) is 4.15. The Labute approximate surface area is 219 Å². The molecule has 4 rings (SSSR count). The molecule has 0 unspecified atom stereocenters. The van der Waals surface area contributed by atoms with Crippen molar-refractivity contribution in [1.29, 1.82) is 5.26 Å². The van der Waals surface area contributed by atoms with Crippen LogP contribution in [-0.2, 0) is 6.54 Å². The number of hydrogen-bond acceptors (Lipinski definition) is 5. The summed E-state index contributed by atoms with van der Waals surface area (Å²) in [6, 6.07) is 23.6. The molecule has 1 saturated heterocycles. The van der Waals surface area contributed by atoms with Crippen LogP contribution in [0.3, 0.4) is 0 Å². The zero-order chi connectivity index (χ0) is 25.9. The van der Waals surface area contributed by atoms with E-state index in [1.165, 1.54) is 0 Å². The Hall–Kier alpha value is -3.86. The molecule has 7 nitrogen and oxygen atoms in total. The molecule has 0 radical (unpaired) electrons. The van der Waals surface area contributed by atoms with Crippen molar-refractivity contribution in [2.75, 3.05) is 52.4 Å². The Morgan fingerprint density at radius 3 is 2.68 bits per heavy atom. The fourth-order valence-electron chi connectivity index (χ4n) is 4.61. The van der Waals surface area contributed by atoms with E-state index in [1.807, 2.05) is 35.2 Å². The Bertz CT molecular complexity index is 1240. The lowest BCUT2D eigenvalue weighted by atomic mass is 10.0. The first-order valence-corrected chi connectivity index (χ1v) is 12.8. The first-order chi connectivity index (χ1) is 18.1. The van der Waals surface area contributed by atoms with Gasteiger partial charge in [0.05, 0.1) is 12.2 Å². The number of urea groups is 1. The third-order valence-corrected chi connectivity index (χ3v) is 6.51. The average Bonchev–Trinajstić information content (AvgIpc) is 2.94. The minimum Gasteiger partial charge on any atom is -0.492 e. The van der Waals surface area contributed by atoms with Gasteiger partial charge in [-0.3, -0.25) is 4.90 Å². The molecular weight excluding hydrogens is 462 g/mol. The smallest absolute Gasteiger partial charge is 0.317 e. The average molecular weight is 498 g/mol. The number of carbonyl (C=O) groups excluding carboxylic acids is 1. The number of para-hydroxylation sites is 1. The summed E-state index contributed by atoms with van der Waals surface area (Å²) in [5.41, 5.74) is 2.61. The van der Waals surface area contributed by atoms with Gasteiger partial charge >= 0.3 is 6.03 Å². The van der Waals surface area contributed by atoms with Crippen molar-refractivity contribution in [3.63, 3.8) is 0 Å². The van der Waals surface area contributed by atoms with Crippen molar-refractivity contribution < 1.29 is 9.53 Å². The molecule has 3 aromatic carbocycles. The monoisotopic (exact) mass is 497 g/mol. The van der Waals surface area contributed by atoms with E-state index in [0.29, 0.717) is 44.0 Å². The Morgan fingerprint density at radius 2 is 1.84 bits per heavy atom. The maximum Gasteiger partial charge on any atom is 0.317 e. The molecule has 0 aromatic heterocycles. The van der Waals surface area contributed by atoms with Gasteiger partial charge in [-0.25, -0.2) is 4.79 Å². The first-order valence-electron chi connectivity index (χ1n) is 12.8. The summed E-state index contributed by atoms with van der Waals surface area (Å²) in [4.78, 5) is 17.5. The molecule has 0 bridgehead atoms. The summed E-state index contributed by atoms with van der Waals surface area (Å²) in [6.07, 6.45) is 0.641. The number of rotatable bonds is 11. The summed E-state index contributed by atoms with van der Waals surface area (Å²) in [5.74, 6) is 0.570. The van der Waals surface area contributed by atoms with Gasteiger partial charge in [-0.15, -0.1) is 0 Å². The number of fused-ring (bicyclic) bond motifs is 1. The third-order valence-electron chi connectivity index (χ3n) is 6.51. The van der Waals surface area contributed by atoms with Crippen molar-refractivity contribution in [1.82, 2.24) is 20.4 Å². The van der Waals surface area contributed by atoms with E-state index < -0.39 is 0 Å². The number of nitrogens with one attached hydrogen (secondary N) is 2. The first kappa shape index (κ1) is 26.2. The van der Waals surface area contributed by atoms with E-state index in [-0.39, 0.29) is 6.03 Å². The summed E-state index contributed by atoms with van der Waals surface area (Å²) in [6.45, 7) is 10.9. The van der Waals surface area contributed by atoms with Crippen LogP contribution in [0.25, 0.3) is 10.8 Å². The van der Waals surface area contributed by atoms with Crippen LogP contribution in [-0.4, -0.2) is 68.3 Å². The minimum atomic E-state index is -0.119. The van der Waals surface area contributed by atoms with Gasteiger partial charge < -0.3 is 20.3 Å². The molecule has 7 heteroatoms. The van der Waals surface area contributed by atoms with Gasteiger partial charge in [0.15, 0.2) is 0 Å². The molecule has 0 spiro atoms. The highest BCUT2D eigenvalue weighted by atomic mass is 16.5. The Kier molecular flexibility index (Phi) is 9.53. The minimum absolute atomic E-state index is 0.119. The van der Waals surface area contributed by atoms with E-state index in [9.17, 15) is 10.1 Å². The quantitative estimate of drug-likeness (QED) is 0.307. The van der Waals surface area contributed by atoms with Crippen LogP contribution in [0.4, 0.5) is 4.79 Å². The van der Waals surface area contributed by atoms with E-state index in [0.717, 1.165) is 54.6 Å². The number of hydrogen-bond donors (Lipinski definition) is 2. The lowest BCUT2D eigenvalue weighted by Gasteiger charge is -2.30. The largest absolute Gasteiger partial charge is 0.492 e. The molecule has 1 fully saturated rings. The lowest BCUT2D eigenvalue weighted by Crippen LogP contribution is -2.46. The van der Waals surface area contributed by atoms with E-state index in [4.69, 9.17) is 4.74 Å². The fourth-order valence-corrected chi connectivity index (χ4v) is 4.61. The van der Waals surface area contributed by atoms with Crippen LogP contribution in [0, 0.1) is 11.3 Å². The van der Waals surface area contributed by atoms with Gasteiger partial charge in [0, 0.05) is 52.4 Å². The van der Waals surface area contributed by atoms with Gasteiger partial charge in [-0.1, -0.05) is 61.2 Å². The molecule has 3 aromatic rings. The fraction of sp³-hybridized carbons (Fsp3) is 0.333. The number of piperazine rings is 1. The maximum atomic E-state index is 13.3. The third kappa shape index (κ3) is 7.56. The van der Waals surface area contributed by atoms with Crippen molar-refractivity contribution in [3.05, 3.63) is 90.0 Å². The van der Waals surface area contributed by atoms with Gasteiger partial charge in [0.1, 0.15) is 11.8 Å². The molecule has 0 aliphatic carbocycles.